The van der Waals surface area contributed by atoms with Crippen molar-refractivity contribution in [2.45, 2.75) is 40.2 Å². The number of amidine groups is 1. The maximum Gasteiger partial charge on any atom is 0.156 e. The lowest BCUT2D eigenvalue weighted by Crippen LogP contribution is -2.46. The number of nitrogens with zero attached hydrogens (tertiary/aromatic N) is 2. The molecule has 1 atom stereocenters. The van der Waals surface area contributed by atoms with Gasteiger partial charge in [-0.3, -0.25) is 4.99 Å². The lowest BCUT2D eigenvalue weighted by Gasteiger charge is -2.35. The van der Waals surface area contributed by atoms with E-state index in [9.17, 15) is 0 Å². The standard InChI is InChI=1S/C13H27N3S/c1-6-16(5)9-8-14-12-15-11(7-10-17-12)13(2,3)4/h11H,6-10H2,1-5H3,(H,14,15). The number of hydrogen-bond acceptors (Lipinski definition) is 3. The van der Waals surface area contributed by atoms with E-state index in [1.165, 1.54) is 12.2 Å². The normalized spacial score (nSPS) is 24.1. The van der Waals surface area contributed by atoms with Gasteiger partial charge < -0.3 is 10.2 Å². The lowest BCUT2D eigenvalue weighted by molar-refractivity contribution is 0.290. The average molecular weight is 257 g/mol. The quantitative estimate of drug-likeness (QED) is 0.838. The Morgan fingerprint density at radius 2 is 2.18 bits per heavy atom. The highest BCUT2D eigenvalue weighted by Crippen LogP contribution is 2.27. The van der Waals surface area contributed by atoms with E-state index in [0.717, 1.165) is 24.8 Å². The summed E-state index contributed by atoms with van der Waals surface area (Å²) >= 11 is 1.86. The summed E-state index contributed by atoms with van der Waals surface area (Å²) in [5, 5.41) is 4.72. The van der Waals surface area contributed by atoms with Crippen molar-refractivity contribution in [2.24, 2.45) is 10.4 Å². The van der Waals surface area contributed by atoms with Gasteiger partial charge >= 0.3 is 0 Å². The van der Waals surface area contributed by atoms with E-state index in [1.807, 2.05) is 11.8 Å². The molecule has 3 nitrogen and oxygen atoms in total. The number of rotatable bonds is 4. The predicted molar refractivity (Wildman–Crippen MR) is 78.9 cm³/mol. The summed E-state index contributed by atoms with van der Waals surface area (Å²) in [5.41, 5.74) is 0.321. The molecule has 0 spiro atoms. The van der Waals surface area contributed by atoms with Crippen molar-refractivity contribution in [1.29, 1.82) is 0 Å². The van der Waals surface area contributed by atoms with Crippen molar-refractivity contribution in [3.8, 4) is 0 Å². The first-order valence-corrected chi connectivity index (χ1v) is 7.54. The summed E-state index contributed by atoms with van der Waals surface area (Å²) < 4.78 is 0. The molecule has 1 aliphatic rings. The van der Waals surface area contributed by atoms with Gasteiger partial charge in [-0.1, -0.05) is 39.5 Å². The van der Waals surface area contributed by atoms with Crippen molar-refractivity contribution in [1.82, 2.24) is 10.2 Å². The fourth-order valence-corrected chi connectivity index (χ4v) is 2.71. The Bertz CT molecular complexity index is 258. The second-order valence-electron chi connectivity index (χ2n) is 5.78. The minimum Gasteiger partial charge on any atom is -0.362 e. The predicted octanol–water partition coefficient (Wildman–Crippen LogP) is 2.44. The van der Waals surface area contributed by atoms with Crippen molar-refractivity contribution < 1.29 is 0 Å². The Kier molecular flexibility index (Phi) is 5.80. The highest BCUT2D eigenvalue weighted by atomic mass is 32.2. The average Bonchev–Trinajstić information content (AvgIpc) is 2.28. The summed E-state index contributed by atoms with van der Waals surface area (Å²) in [6.45, 7) is 12.1. The molecule has 1 saturated heterocycles. The molecule has 0 aliphatic carbocycles. The maximum atomic E-state index is 4.66. The van der Waals surface area contributed by atoms with Crippen LogP contribution in [0.5, 0.6) is 0 Å². The zero-order valence-corrected chi connectivity index (χ0v) is 12.7. The van der Waals surface area contributed by atoms with E-state index in [-0.39, 0.29) is 0 Å². The van der Waals surface area contributed by atoms with Crippen molar-refractivity contribution in [3.63, 3.8) is 0 Å². The summed E-state index contributed by atoms with van der Waals surface area (Å²) in [6.07, 6.45) is 1.24. The Morgan fingerprint density at radius 3 is 2.76 bits per heavy atom. The number of thioether (sulfide) groups is 1. The van der Waals surface area contributed by atoms with Crippen LogP contribution in [0.15, 0.2) is 4.99 Å². The first kappa shape index (κ1) is 14.8. The third-order valence-corrected chi connectivity index (χ3v) is 4.23. The van der Waals surface area contributed by atoms with Gasteiger partial charge in [-0.15, -0.1) is 0 Å². The molecule has 0 aromatic heterocycles. The third kappa shape index (κ3) is 5.30. The summed E-state index contributed by atoms with van der Waals surface area (Å²) in [4.78, 5) is 6.95. The number of likely N-dealkylation sites (N-methyl/N-ethyl adjacent to an activating group) is 1. The van der Waals surface area contributed by atoms with Gasteiger partial charge in [-0.25, -0.2) is 0 Å². The van der Waals surface area contributed by atoms with Gasteiger partial charge in [0.25, 0.3) is 0 Å². The molecule has 100 valence electrons. The van der Waals surface area contributed by atoms with Crippen molar-refractivity contribution in [3.05, 3.63) is 0 Å². The highest BCUT2D eigenvalue weighted by molar-refractivity contribution is 8.13. The van der Waals surface area contributed by atoms with Gasteiger partial charge in [0.05, 0.1) is 6.54 Å². The van der Waals surface area contributed by atoms with Crippen LogP contribution in [0.2, 0.25) is 0 Å². The number of aliphatic imine (C=N–C) groups is 1. The van der Waals surface area contributed by atoms with Crippen LogP contribution >= 0.6 is 11.8 Å². The second-order valence-corrected chi connectivity index (χ2v) is 6.87. The molecule has 0 amide bonds. The molecule has 1 unspecified atom stereocenters. The first-order chi connectivity index (χ1) is 7.93. The summed E-state index contributed by atoms with van der Waals surface area (Å²) in [5.74, 6) is 1.19. The smallest absolute Gasteiger partial charge is 0.156 e. The molecule has 1 heterocycles. The molecule has 4 heteroatoms. The topological polar surface area (TPSA) is 27.6 Å². The lowest BCUT2D eigenvalue weighted by atomic mass is 9.85. The van der Waals surface area contributed by atoms with Crippen LogP contribution in [0.1, 0.15) is 34.1 Å². The van der Waals surface area contributed by atoms with Gasteiger partial charge in [0.15, 0.2) is 5.17 Å². The van der Waals surface area contributed by atoms with Crippen LogP contribution in [0, 0.1) is 5.41 Å². The Hall–Kier alpha value is -0.220. The van der Waals surface area contributed by atoms with Gasteiger partial charge in [-0.05, 0) is 25.4 Å². The van der Waals surface area contributed by atoms with Crippen LogP contribution in [-0.4, -0.2) is 48.5 Å². The fourth-order valence-electron chi connectivity index (χ4n) is 1.76. The molecule has 0 aromatic carbocycles. The monoisotopic (exact) mass is 257 g/mol. The fraction of sp³-hybridized carbons (Fsp3) is 0.923. The van der Waals surface area contributed by atoms with Crippen LogP contribution in [0.4, 0.5) is 0 Å². The Balaban J connectivity index is 2.41. The van der Waals surface area contributed by atoms with Crippen LogP contribution in [-0.2, 0) is 0 Å². The minimum atomic E-state index is 0.321. The van der Waals surface area contributed by atoms with Gasteiger partial charge in [0.1, 0.15) is 0 Å². The highest BCUT2D eigenvalue weighted by Gasteiger charge is 2.28. The van der Waals surface area contributed by atoms with Gasteiger partial charge in [-0.2, -0.15) is 0 Å². The number of nitrogens with one attached hydrogen (secondary N) is 1. The zero-order chi connectivity index (χ0) is 12.9. The van der Waals surface area contributed by atoms with Crippen molar-refractivity contribution >= 4 is 16.9 Å². The molecule has 0 aromatic rings. The molecule has 1 aliphatic heterocycles. The van der Waals surface area contributed by atoms with Gasteiger partial charge in [0, 0.05) is 18.3 Å². The molecule has 1 fully saturated rings. The maximum absolute atomic E-state index is 4.66. The minimum absolute atomic E-state index is 0.321. The summed E-state index contributed by atoms with van der Waals surface area (Å²) in [7, 11) is 2.14. The largest absolute Gasteiger partial charge is 0.362 e. The molecule has 0 saturated carbocycles. The third-order valence-electron chi connectivity index (χ3n) is 3.27. The SMILES string of the molecule is CCN(C)CCN=C1NC(C(C)(C)C)CCS1. The van der Waals surface area contributed by atoms with E-state index in [0.29, 0.717) is 11.5 Å². The van der Waals surface area contributed by atoms with Crippen LogP contribution < -0.4 is 5.32 Å². The second kappa shape index (κ2) is 6.64. The summed E-state index contributed by atoms with van der Waals surface area (Å²) in [6, 6.07) is 0.561. The Labute approximate surface area is 110 Å². The molecular formula is C13H27N3S. The van der Waals surface area contributed by atoms with Crippen molar-refractivity contribution in [2.75, 3.05) is 32.4 Å². The van der Waals surface area contributed by atoms with Crippen LogP contribution in [0.3, 0.4) is 0 Å². The Morgan fingerprint density at radius 1 is 1.47 bits per heavy atom. The van der Waals surface area contributed by atoms with E-state index in [4.69, 9.17) is 0 Å². The first-order valence-electron chi connectivity index (χ1n) is 6.56. The van der Waals surface area contributed by atoms with E-state index in [2.05, 4.69) is 50.0 Å². The van der Waals surface area contributed by atoms with E-state index in [1.54, 1.807) is 0 Å². The molecule has 17 heavy (non-hydrogen) atoms. The van der Waals surface area contributed by atoms with E-state index >= 15 is 0 Å². The molecule has 1 rings (SSSR count). The molecule has 1 N–H and O–H groups in total. The molecule has 0 radical (unpaired) electrons. The van der Waals surface area contributed by atoms with Crippen LogP contribution in [0.25, 0.3) is 0 Å². The molecular weight excluding hydrogens is 230 g/mol. The zero-order valence-electron chi connectivity index (χ0n) is 11.9. The number of hydrogen-bond donors (Lipinski definition) is 1. The van der Waals surface area contributed by atoms with Gasteiger partial charge in [0.2, 0.25) is 0 Å². The molecule has 0 bridgehead atoms. The van der Waals surface area contributed by atoms with E-state index < -0.39 is 0 Å².